The first-order valence-electron chi connectivity index (χ1n) is 13.4. The molecular weight excluding hydrogens is 444 g/mol. The molecule has 5 aliphatic rings. The molecule has 0 spiro atoms. The Bertz CT molecular complexity index is 995. The van der Waals surface area contributed by atoms with Crippen LogP contribution in [0.25, 0.3) is 0 Å². The molecule has 4 aliphatic carbocycles. The van der Waals surface area contributed by atoms with E-state index in [4.69, 9.17) is 14.2 Å². The van der Waals surface area contributed by atoms with Gasteiger partial charge in [0.15, 0.2) is 5.41 Å². The van der Waals surface area contributed by atoms with Gasteiger partial charge in [-0.2, -0.15) is 0 Å². The van der Waals surface area contributed by atoms with Crippen LogP contribution in [0.3, 0.4) is 0 Å². The van der Waals surface area contributed by atoms with E-state index in [2.05, 4.69) is 19.9 Å². The molecule has 0 bridgehead atoms. The molecular formula is C29H40O6. The molecule has 0 amide bonds. The van der Waals surface area contributed by atoms with Gasteiger partial charge < -0.3 is 14.2 Å². The summed E-state index contributed by atoms with van der Waals surface area (Å²) in [4.78, 5) is 36.2. The summed E-state index contributed by atoms with van der Waals surface area (Å²) in [6.45, 7) is 8.04. The molecule has 1 aliphatic heterocycles. The van der Waals surface area contributed by atoms with Crippen LogP contribution in [0, 0.1) is 39.9 Å². The van der Waals surface area contributed by atoms with Gasteiger partial charge in [0.2, 0.25) is 0 Å². The van der Waals surface area contributed by atoms with Gasteiger partial charge in [-0.3, -0.25) is 14.4 Å². The standard InChI is InChI=1S/C29H40O6/c1-17(30)34-20-10-12-27(2)18(14-20)6-8-22-23-9-7-19(28(23,3)13-11-24(22)27)15-21-16-29(4,25(31)33-5)26(32)35-21/h7,15,18,20,22-24H,6,8-14,16H2,1-5H3/b21-15+/t18-,20+,22+,23+,24+,27+,28-,29?/m1/s1. The summed E-state index contributed by atoms with van der Waals surface area (Å²) in [6, 6.07) is 0. The maximum absolute atomic E-state index is 12.5. The molecule has 0 aromatic carbocycles. The van der Waals surface area contributed by atoms with Gasteiger partial charge >= 0.3 is 17.9 Å². The zero-order valence-corrected chi connectivity index (χ0v) is 21.9. The maximum Gasteiger partial charge on any atom is 0.328 e. The first-order chi connectivity index (χ1) is 16.5. The Balaban J connectivity index is 1.32. The number of hydrogen-bond donors (Lipinski definition) is 0. The third-order valence-corrected chi connectivity index (χ3v) is 10.7. The zero-order valence-electron chi connectivity index (χ0n) is 21.9. The van der Waals surface area contributed by atoms with Gasteiger partial charge in [0.25, 0.3) is 0 Å². The van der Waals surface area contributed by atoms with Crippen LogP contribution in [0.2, 0.25) is 0 Å². The molecule has 0 N–H and O–H groups in total. The second kappa shape index (κ2) is 8.48. The largest absolute Gasteiger partial charge is 0.468 e. The first-order valence-corrected chi connectivity index (χ1v) is 13.4. The van der Waals surface area contributed by atoms with Crippen molar-refractivity contribution in [3.8, 4) is 0 Å². The number of carbonyl (C=O) groups excluding carboxylic acids is 3. The van der Waals surface area contributed by atoms with Crippen molar-refractivity contribution in [3.63, 3.8) is 0 Å². The van der Waals surface area contributed by atoms with Crippen LogP contribution in [-0.4, -0.2) is 31.1 Å². The van der Waals surface area contributed by atoms with E-state index in [1.165, 1.54) is 38.9 Å². The summed E-state index contributed by atoms with van der Waals surface area (Å²) in [7, 11) is 1.31. The van der Waals surface area contributed by atoms with E-state index in [0.29, 0.717) is 34.8 Å². The maximum atomic E-state index is 12.5. The van der Waals surface area contributed by atoms with Gasteiger partial charge in [0.05, 0.1) is 7.11 Å². The number of rotatable bonds is 3. The smallest absolute Gasteiger partial charge is 0.328 e. The Labute approximate surface area is 208 Å². The van der Waals surface area contributed by atoms with Crippen molar-refractivity contribution < 1.29 is 28.6 Å². The lowest BCUT2D eigenvalue weighted by molar-refractivity contribution is -0.161. The van der Waals surface area contributed by atoms with E-state index in [0.717, 1.165) is 32.1 Å². The molecule has 0 radical (unpaired) electrons. The number of ether oxygens (including phenoxy) is 3. The fraction of sp³-hybridized carbons (Fsp3) is 0.759. The lowest BCUT2D eigenvalue weighted by Crippen LogP contribution is -2.53. The third-order valence-electron chi connectivity index (χ3n) is 10.7. The van der Waals surface area contributed by atoms with Crippen molar-refractivity contribution in [2.24, 2.45) is 39.9 Å². The first kappa shape index (κ1) is 24.6. The minimum absolute atomic E-state index is 0.0724. The molecule has 0 aromatic rings. The van der Waals surface area contributed by atoms with Crippen LogP contribution in [0.15, 0.2) is 23.5 Å². The second-order valence-electron chi connectivity index (χ2n) is 12.5. The van der Waals surface area contributed by atoms with E-state index >= 15 is 0 Å². The molecule has 3 saturated carbocycles. The van der Waals surface area contributed by atoms with Gasteiger partial charge in [-0.15, -0.1) is 0 Å². The lowest BCUT2D eigenvalue weighted by atomic mass is 9.44. The van der Waals surface area contributed by atoms with Crippen LogP contribution >= 0.6 is 0 Å². The zero-order chi connectivity index (χ0) is 25.2. The SMILES string of the molecule is COC(=O)C1(C)C/C(=C\C2=CC[C@H]3[C@@H]4CC[C@@H]5C[C@@H](OC(C)=O)CC[C@]5(C)[C@H]4CC[C@]23C)OC1=O. The van der Waals surface area contributed by atoms with Crippen molar-refractivity contribution in [2.75, 3.05) is 7.11 Å². The number of cyclic esters (lactones) is 1. The summed E-state index contributed by atoms with van der Waals surface area (Å²) in [5.41, 5.74) is 0.410. The summed E-state index contributed by atoms with van der Waals surface area (Å²) < 4.78 is 16.0. The highest BCUT2D eigenvalue weighted by Crippen LogP contribution is 2.66. The molecule has 192 valence electrons. The third kappa shape index (κ3) is 3.77. The number of hydrogen-bond acceptors (Lipinski definition) is 6. The van der Waals surface area contributed by atoms with E-state index < -0.39 is 17.4 Å². The fourth-order valence-corrected chi connectivity index (χ4v) is 8.71. The number of methoxy groups -OCH3 is 1. The minimum Gasteiger partial charge on any atom is -0.468 e. The van der Waals surface area contributed by atoms with Crippen molar-refractivity contribution in [2.45, 2.75) is 91.6 Å². The average Bonchev–Trinajstić information content (AvgIpc) is 3.29. The Kier molecular flexibility index (Phi) is 5.96. The molecule has 35 heavy (non-hydrogen) atoms. The number of fused-ring (bicyclic) bond motifs is 5. The average molecular weight is 485 g/mol. The number of allylic oxidation sites excluding steroid dienone is 4. The summed E-state index contributed by atoms with van der Waals surface area (Å²) in [5, 5.41) is 0. The van der Waals surface area contributed by atoms with Crippen LogP contribution in [-0.2, 0) is 28.6 Å². The second-order valence-corrected chi connectivity index (χ2v) is 12.5. The summed E-state index contributed by atoms with van der Waals surface area (Å²) in [6.07, 6.45) is 13.8. The summed E-state index contributed by atoms with van der Waals surface area (Å²) >= 11 is 0. The van der Waals surface area contributed by atoms with Crippen molar-refractivity contribution in [1.82, 2.24) is 0 Å². The van der Waals surface area contributed by atoms with Crippen LogP contribution in [0.1, 0.15) is 85.5 Å². The normalized spacial score (nSPS) is 45.6. The predicted octanol–water partition coefficient (Wildman–Crippen LogP) is 5.51. The van der Waals surface area contributed by atoms with E-state index in [1.807, 2.05) is 6.08 Å². The van der Waals surface area contributed by atoms with E-state index in [1.54, 1.807) is 6.92 Å². The predicted molar refractivity (Wildman–Crippen MR) is 130 cm³/mol. The molecule has 1 heterocycles. The van der Waals surface area contributed by atoms with Crippen molar-refractivity contribution in [1.29, 1.82) is 0 Å². The van der Waals surface area contributed by atoms with Crippen LogP contribution < -0.4 is 0 Å². The highest BCUT2D eigenvalue weighted by Gasteiger charge is 2.59. The Hall–Kier alpha value is -2.11. The quantitative estimate of drug-likeness (QED) is 0.299. The molecule has 8 atom stereocenters. The van der Waals surface area contributed by atoms with Gasteiger partial charge in [-0.05, 0) is 104 Å². The van der Waals surface area contributed by atoms with E-state index in [9.17, 15) is 14.4 Å². The fourth-order valence-electron chi connectivity index (χ4n) is 8.71. The van der Waals surface area contributed by atoms with Gasteiger partial charge in [-0.1, -0.05) is 19.9 Å². The highest BCUT2D eigenvalue weighted by atomic mass is 16.6. The molecule has 0 aromatic heterocycles. The molecule has 5 rings (SSSR count). The Morgan fingerprint density at radius 3 is 2.57 bits per heavy atom. The summed E-state index contributed by atoms with van der Waals surface area (Å²) in [5.74, 6) is 2.01. The molecule has 4 fully saturated rings. The molecule has 6 nitrogen and oxygen atoms in total. The highest BCUT2D eigenvalue weighted by molar-refractivity contribution is 6.01. The number of esters is 3. The molecule has 6 heteroatoms. The number of carbonyl (C=O) groups is 3. The van der Waals surface area contributed by atoms with E-state index in [-0.39, 0.29) is 23.9 Å². The van der Waals surface area contributed by atoms with Gasteiger partial charge in [0.1, 0.15) is 11.9 Å². The van der Waals surface area contributed by atoms with Gasteiger partial charge in [0, 0.05) is 13.3 Å². The lowest BCUT2D eigenvalue weighted by Gasteiger charge is -2.60. The van der Waals surface area contributed by atoms with Crippen molar-refractivity contribution in [3.05, 3.63) is 23.5 Å². The van der Waals surface area contributed by atoms with Crippen LogP contribution in [0.5, 0.6) is 0 Å². The monoisotopic (exact) mass is 484 g/mol. The van der Waals surface area contributed by atoms with Crippen LogP contribution in [0.4, 0.5) is 0 Å². The van der Waals surface area contributed by atoms with Gasteiger partial charge in [-0.25, -0.2) is 0 Å². The topological polar surface area (TPSA) is 78.9 Å². The van der Waals surface area contributed by atoms with Crippen molar-refractivity contribution >= 4 is 17.9 Å². The molecule has 1 unspecified atom stereocenters. The molecule has 1 saturated heterocycles. The Morgan fingerprint density at radius 2 is 1.86 bits per heavy atom. The minimum atomic E-state index is -1.25. The Morgan fingerprint density at radius 1 is 1.09 bits per heavy atom.